The number of alkyl halides is 3. The number of aryl methyl sites for hydroxylation is 1. The number of sulfonamides is 1. The number of anilines is 2. The van der Waals surface area contributed by atoms with Gasteiger partial charge in [-0.3, -0.25) is 0 Å². The van der Waals surface area contributed by atoms with Crippen LogP contribution in [0.3, 0.4) is 0 Å². The molecule has 0 radical (unpaired) electrons. The van der Waals surface area contributed by atoms with Crippen LogP contribution in [0.1, 0.15) is 18.5 Å². The van der Waals surface area contributed by atoms with Crippen molar-refractivity contribution in [2.24, 2.45) is 0 Å². The number of thiazole rings is 1. The molecule has 166 valence electrons. The van der Waals surface area contributed by atoms with E-state index in [-0.39, 0.29) is 22.8 Å². The highest BCUT2D eigenvalue weighted by atomic mass is 32.2. The molecule has 1 saturated heterocycles. The molecule has 2 aromatic rings. The summed E-state index contributed by atoms with van der Waals surface area (Å²) in [6.45, 7) is 1.02. The molecule has 0 bridgehead atoms. The third kappa shape index (κ3) is 5.76. The molecule has 0 atom stereocenters. The van der Waals surface area contributed by atoms with Gasteiger partial charge in [0.15, 0.2) is 10.9 Å². The van der Waals surface area contributed by atoms with E-state index in [4.69, 9.17) is 0 Å². The molecule has 0 aliphatic carbocycles. The molecule has 8 nitrogen and oxygen atoms in total. The second kappa shape index (κ2) is 8.59. The maximum absolute atomic E-state index is 14.3. The van der Waals surface area contributed by atoms with Gasteiger partial charge in [0.2, 0.25) is 16.0 Å². The van der Waals surface area contributed by atoms with E-state index in [1.165, 1.54) is 4.31 Å². The Hall–Kier alpha value is -2.06. The first kappa shape index (κ1) is 22.6. The van der Waals surface area contributed by atoms with Gasteiger partial charge in [0, 0.05) is 19.1 Å². The highest BCUT2D eigenvalue weighted by Crippen LogP contribution is 2.34. The first-order valence-electron chi connectivity index (χ1n) is 8.95. The zero-order valence-corrected chi connectivity index (χ0v) is 17.8. The molecule has 1 aliphatic heterocycles. The molecule has 0 amide bonds. The van der Waals surface area contributed by atoms with Crippen LogP contribution in [0, 0.1) is 12.7 Å². The molecule has 0 aromatic carbocycles. The van der Waals surface area contributed by atoms with Gasteiger partial charge in [-0.15, -0.1) is 0 Å². The molecule has 2 aromatic heterocycles. The molecule has 0 spiro atoms. The van der Waals surface area contributed by atoms with Crippen molar-refractivity contribution in [3.05, 3.63) is 17.7 Å². The lowest BCUT2D eigenvalue weighted by Crippen LogP contribution is -2.42. The largest absolute Gasteiger partial charge is 0.405 e. The predicted molar refractivity (Wildman–Crippen MR) is 105 cm³/mol. The highest BCUT2D eigenvalue weighted by Gasteiger charge is 2.28. The van der Waals surface area contributed by atoms with Crippen molar-refractivity contribution in [1.29, 1.82) is 0 Å². The van der Waals surface area contributed by atoms with Gasteiger partial charge in [0.25, 0.3) is 0 Å². The van der Waals surface area contributed by atoms with Crippen molar-refractivity contribution in [2.75, 3.05) is 36.5 Å². The van der Waals surface area contributed by atoms with Crippen LogP contribution >= 0.6 is 11.3 Å². The van der Waals surface area contributed by atoms with E-state index in [9.17, 15) is 26.0 Å². The molecular formula is C16H20F4N6O2S2. The molecule has 0 saturated carbocycles. The second-order valence-corrected chi connectivity index (χ2v) is 9.85. The second-order valence-electron chi connectivity index (χ2n) is 6.87. The lowest BCUT2D eigenvalue weighted by Gasteiger charge is -2.30. The Labute approximate surface area is 174 Å². The standard InChI is InChI=1S/C16H20F4N6O2S2/c1-9-13(29-15(23-9)22-8-16(18,19)20)12-11(17)7-21-14(25-12)24-10-3-5-26(6-4-10)30(2,27)28/h7,10H,3-6,8H2,1-2H3,(H,22,23)(H,21,24,25). The van der Waals surface area contributed by atoms with Crippen molar-refractivity contribution in [2.45, 2.75) is 32.0 Å². The summed E-state index contributed by atoms with van der Waals surface area (Å²) in [5, 5.41) is 5.26. The van der Waals surface area contributed by atoms with Crippen molar-refractivity contribution in [3.8, 4) is 10.6 Å². The minimum atomic E-state index is -4.40. The average molecular weight is 469 g/mol. The van der Waals surface area contributed by atoms with Gasteiger partial charge in [0.1, 0.15) is 12.2 Å². The smallest absolute Gasteiger partial charge is 0.352 e. The number of hydrogen-bond acceptors (Lipinski definition) is 8. The zero-order valence-electron chi connectivity index (χ0n) is 16.1. The van der Waals surface area contributed by atoms with Crippen molar-refractivity contribution in [3.63, 3.8) is 0 Å². The number of aromatic nitrogens is 3. The van der Waals surface area contributed by atoms with E-state index in [0.717, 1.165) is 23.8 Å². The molecule has 2 N–H and O–H groups in total. The summed E-state index contributed by atoms with van der Waals surface area (Å²) in [4.78, 5) is 12.4. The van der Waals surface area contributed by atoms with E-state index in [0.29, 0.717) is 36.5 Å². The quantitative estimate of drug-likeness (QED) is 0.629. The SMILES string of the molecule is Cc1nc(NCC(F)(F)F)sc1-c1nc(NC2CCN(S(C)(=O)=O)CC2)ncc1F. The maximum atomic E-state index is 14.3. The van der Waals surface area contributed by atoms with E-state index < -0.39 is 28.6 Å². The first-order chi connectivity index (χ1) is 13.9. The van der Waals surface area contributed by atoms with Crippen molar-refractivity contribution in [1.82, 2.24) is 19.3 Å². The van der Waals surface area contributed by atoms with Gasteiger partial charge in [-0.2, -0.15) is 13.2 Å². The number of nitrogens with zero attached hydrogens (tertiary/aromatic N) is 4. The number of halogens is 4. The molecular weight excluding hydrogens is 448 g/mol. The van der Waals surface area contributed by atoms with E-state index in [1.54, 1.807) is 6.92 Å². The van der Waals surface area contributed by atoms with Crippen LogP contribution in [0.2, 0.25) is 0 Å². The van der Waals surface area contributed by atoms with Crippen LogP contribution < -0.4 is 10.6 Å². The predicted octanol–water partition coefficient (Wildman–Crippen LogP) is 2.86. The number of piperidine rings is 1. The maximum Gasteiger partial charge on any atom is 0.405 e. The lowest BCUT2D eigenvalue weighted by molar-refractivity contribution is -0.115. The topological polar surface area (TPSA) is 100 Å². The van der Waals surface area contributed by atoms with Gasteiger partial charge >= 0.3 is 6.18 Å². The molecule has 14 heteroatoms. The van der Waals surface area contributed by atoms with E-state index >= 15 is 0 Å². The number of nitrogens with one attached hydrogen (secondary N) is 2. The summed E-state index contributed by atoms with van der Waals surface area (Å²) in [5.41, 5.74) is 0.283. The first-order valence-corrected chi connectivity index (χ1v) is 11.6. The Morgan fingerprint density at radius 1 is 1.27 bits per heavy atom. The van der Waals surface area contributed by atoms with Crippen LogP contribution in [-0.4, -0.2) is 65.8 Å². The highest BCUT2D eigenvalue weighted by molar-refractivity contribution is 7.88. The summed E-state index contributed by atoms with van der Waals surface area (Å²) in [6.07, 6.45) is -1.18. The number of hydrogen-bond donors (Lipinski definition) is 2. The Balaban J connectivity index is 1.73. The monoisotopic (exact) mass is 468 g/mol. The Kier molecular flexibility index (Phi) is 6.48. The van der Waals surface area contributed by atoms with Gasteiger partial charge in [-0.25, -0.2) is 32.1 Å². The average Bonchev–Trinajstić information content (AvgIpc) is 3.01. The zero-order chi connectivity index (χ0) is 22.1. The van der Waals surface area contributed by atoms with Crippen molar-refractivity contribution < 1.29 is 26.0 Å². The summed E-state index contributed by atoms with van der Waals surface area (Å²) in [5.74, 6) is -0.566. The van der Waals surface area contributed by atoms with Crippen LogP contribution in [0.25, 0.3) is 10.6 Å². The Bertz CT molecular complexity index is 1000. The van der Waals surface area contributed by atoms with Crippen molar-refractivity contribution >= 4 is 32.4 Å². The fourth-order valence-corrected chi connectivity index (χ4v) is 4.81. The fourth-order valence-electron chi connectivity index (χ4n) is 2.98. The Morgan fingerprint density at radius 3 is 2.53 bits per heavy atom. The third-order valence-corrected chi connectivity index (χ3v) is 6.88. The lowest BCUT2D eigenvalue weighted by atomic mass is 10.1. The van der Waals surface area contributed by atoms with Gasteiger partial charge in [-0.1, -0.05) is 11.3 Å². The van der Waals surface area contributed by atoms with Gasteiger partial charge < -0.3 is 10.6 Å². The molecule has 0 unspecified atom stereocenters. The fraction of sp³-hybridized carbons (Fsp3) is 0.562. The summed E-state index contributed by atoms with van der Waals surface area (Å²) in [7, 11) is -3.24. The van der Waals surface area contributed by atoms with Crippen LogP contribution in [0.5, 0.6) is 0 Å². The normalized spacial score (nSPS) is 16.6. The minimum Gasteiger partial charge on any atom is -0.352 e. The molecule has 1 aliphatic rings. The van der Waals surface area contributed by atoms with Crippen LogP contribution in [0.4, 0.5) is 28.6 Å². The number of rotatable bonds is 6. The molecule has 1 fully saturated rings. The van der Waals surface area contributed by atoms with E-state index in [2.05, 4.69) is 25.6 Å². The molecule has 30 heavy (non-hydrogen) atoms. The molecule has 3 heterocycles. The molecule has 3 rings (SSSR count). The van der Waals surface area contributed by atoms with E-state index in [1.807, 2.05) is 0 Å². The summed E-state index contributed by atoms with van der Waals surface area (Å²) >= 11 is 0.872. The van der Waals surface area contributed by atoms with Gasteiger partial charge in [0.05, 0.1) is 23.0 Å². The third-order valence-electron chi connectivity index (χ3n) is 4.45. The van der Waals surface area contributed by atoms with Gasteiger partial charge in [-0.05, 0) is 19.8 Å². The van der Waals surface area contributed by atoms with Crippen LogP contribution in [-0.2, 0) is 10.0 Å². The minimum absolute atomic E-state index is 0.0143. The van der Waals surface area contributed by atoms with Crippen LogP contribution in [0.15, 0.2) is 6.20 Å². The summed E-state index contributed by atoms with van der Waals surface area (Å²) in [6, 6.07) is -0.0899. The Morgan fingerprint density at radius 2 is 1.93 bits per heavy atom. The summed E-state index contributed by atoms with van der Waals surface area (Å²) < 4.78 is 76.1.